The highest BCUT2D eigenvalue weighted by Gasteiger charge is 2.17. The van der Waals surface area contributed by atoms with E-state index in [9.17, 15) is 9.90 Å². The fourth-order valence-electron chi connectivity index (χ4n) is 1.58. The number of carbonyl (C=O) groups is 1. The quantitative estimate of drug-likeness (QED) is 0.793. The number of para-hydroxylation sites is 2. The van der Waals surface area contributed by atoms with Crippen molar-refractivity contribution >= 4 is 5.91 Å². The Morgan fingerprint density at radius 3 is 2.61 bits per heavy atom. The summed E-state index contributed by atoms with van der Waals surface area (Å²) in [6, 6.07) is 6.48. The lowest BCUT2D eigenvalue weighted by Crippen LogP contribution is -2.41. The lowest BCUT2D eigenvalue weighted by atomic mass is 10.3. The van der Waals surface area contributed by atoms with Crippen LogP contribution in [0.4, 0.5) is 0 Å². The van der Waals surface area contributed by atoms with E-state index in [1.165, 1.54) is 11.0 Å². The standard InChI is InChI=1S/C13H19NO4/c1-10(2)14(7-8-15)13(17)9-18-12-6-4-3-5-11(12)16/h3-6,10,15-16H,7-9H2,1-2H3. The Labute approximate surface area is 107 Å². The minimum atomic E-state index is -0.220. The Kier molecular flexibility index (Phi) is 5.45. The largest absolute Gasteiger partial charge is 0.504 e. The number of aliphatic hydroxyl groups excluding tert-OH is 1. The van der Waals surface area contributed by atoms with Gasteiger partial charge in [-0.3, -0.25) is 4.79 Å². The Morgan fingerprint density at radius 1 is 1.39 bits per heavy atom. The third kappa shape index (κ3) is 3.92. The van der Waals surface area contributed by atoms with Crippen LogP contribution in [-0.2, 0) is 4.79 Å². The van der Waals surface area contributed by atoms with Gasteiger partial charge in [0.1, 0.15) is 0 Å². The van der Waals surface area contributed by atoms with Gasteiger partial charge in [-0.1, -0.05) is 12.1 Å². The van der Waals surface area contributed by atoms with Crippen molar-refractivity contribution in [1.29, 1.82) is 0 Å². The minimum Gasteiger partial charge on any atom is -0.504 e. The molecule has 0 fully saturated rings. The molecule has 5 nitrogen and oxygen atoms in total. The van der Waals surface area contributed by atoms with E-state index < -0.39 is 0 Å². The highest BCUT2D eigenvalue weighted by Crippen LogP contribution is 2.24. The molecule has 0 saturated heterocycles. The zero-order valence-corrected chi connectivity index (χ0v) is 10.7. The lowest BCUT2D eigenvalue weighted by Gasteiger charge is -2.25. The number of aliphatic hydroxyl groups is 1. The molecule has 0 spiro atoms. The van der Waals surface area contributed by atoms with Crippen LogP contribution >= 0.6 is 0 Å². The Bertz CT molecular complexity index is 392. The molecule has 0 aliphatic carbocycles. The van der Waals surface area contributed by atoms with E-state index >= 15 is 0 Å². The predicted molar refractivity (Wildman–Crippen MR) is 67.5 cm³/mol. The first-order valence-corrected chi connectivity index (χ1v) is 5.87. The first-order valence-electron chi connectivity index (χ1n) is 5.87. The molecule has 0 unspecified atom stereocenters. The predicted octanol–water partition coefficient (Wildman–Crippen LogP) is 1.00. The molecule has 0 saturated carbocycles. The smallest absolute Gasteiger partial charge is 0.260 e. The number of benzene rings is 1. The maximum atomic E-state index is 11.9. The Balaban J connectivity index is 2.57. The topological polar surface area (TPSA) is 70.0 Å². The monoisotopic (exact) mass is 253 g/mol. The minimum absolute atomic E-state index is 0.00220. The lowest BCUT2D eigenvalue weighted by molar-refractivity contribution is -0.135. The number of ether oxygens (including phenoxy) is 1. The number of amides is 1. The van der Waals surface area contributed by atoms with E-state index in [4.69, 9.17) is 9.84 Å². The van der Waals surface area contributed by atoms with Gasteiger partial charge in [0.25, 0.3) is 5.91 Å². The Hall–Kier alpha value is -1.75. The number of hydrogen-bond acceptors (Lipinski definition) is 4. The number of nitrogens with zero attached hydrogens (tertiary/aromatic N) is 1. The van der Waals surface area contributed by atoms with E-state index in [0.717, 1.165) is 0 Å². The second kappa shape index (κ2) is 6.86. The molecular formula is C13H19NO4. The van der Waals surface area contributed by atoms with Crippen molar-refractivity contribution < 1.29 is 19.7 Å². The Morgan fingerprint density at radius 2 is 2.06 bits per heavy atom. The number of aromatic hydroxyl groups is 1. The highest BCUT2D eigenvalue weighted by molar-refractivity contribution is 5.78. The normalized spacial score (nSPS) is 10.4. The fourth-order valence-corrected chi connectivity index (χ4v) is 1.58. The van der Waals surface area contributed by atoms with Crippen LogP contribution in [0.3, 0.4) is 0 Å². The van der Waals surface area contributed by atoms with Crippen LogP contribution in [0.1, 0.15) is 13.8 Å². The average molecular weight is 253 g/mol. The fraction of sp³-hybridized carbons (Fsp3) is 0.462. The summed E-state index contributed by atoms with van der Waals surface area (Å²) in [6.07, 6.45) is 0. The van der Waals surface area contributed by atoms with Crippen molar-refractivity contribution in [2.45, 2.75) is 19.9 Å². The first kappa shape index (κ1) is 14.3. The summed E-state index contributed by atoms with van der Waals surface area (Å²) in [5.74, 6) is 0.0596. The van der Waals surface area contributed by atoms with Gasteiger partial charge in [-0.15, -0.1) is 0 Å². The molecule has 2 N–H and O–H groups in total. The second-order valence-electron chi connectivity index (χ2n) is 4.16. The van der Waals surface area contributed by atoms with E-state index in [-0.39, 0.29) is 43.2 Å². The van der Waals surface area contributed by atoms with Crippen LogP contribution < -0.4 is 4.74 Å². The molecule has 1 aromatic carbocycles. The van der Waals surface area contributed by atoms with Gasteiger partial charge < -0.3 is 19.8 Å². The van der Waals surface area contributed by atoms with Gasteiger partial charge >= 0.3 is 0 Å². The van der Waals surface area contributed by atoms with Crippen molar-refractivity contribution in [3.8, 4) is 11.5 Å². The molecule has 100 valence electrons. The van der Waals surface area contributed by atoms with Crippen LogP contribution in [0.15, 0.2) is 24.3 Å². The SMILES string of the molecule is CC(C)N(CCO)C(=O)COc1ccccc1O. The summed E-state index contributed by atoms with van der Waals surface area (Å²) < 4.78 is 5.25. The van der Waals surface area contributed by atoms with Crippen molar-refractivity contribution in [2.75, 3.05) is 19.8 Å². The molecule has 1 rings (SSSR count). The van der Waals surface area contributed by atoms with Gasteiger partial charge in [0, 0.05) is 12.6 Å². The summed E-state index contributed by atoms with van der Waals surface area (Å²) in [4.78, 5) is 13.4. The molecule has 1 amide bonds. The zero-order chi connectivity index (χ0) is 13.5. The van der Waals surface area contributed by atoms with Gasteiger partial charge in [-0.25, -0.2) is 0 Å². The first-order chi connectivity index (χ1) is 8.56. The van der Waals surface area contributed by atoms with Crippen molar-refractivity contribution in [3.05, 3.63) is 24.3 Å². The van der Waals surface area contributed by atoms with E-state index in [0.29, 0.717) is 0 Å². The summed E-state index contributed by atoms with van der Waals surface area (Å²) in [7, 11) is 0. The summed E-state index contributed by atoms with van der Waals surface area (Å²) >= 11 is 0. The van der Waals surface area contributed by atoms with Crippen molar-refractivity contribution in [1.82, 2.24) is 4.90 Å². The summed E-state index contributed by atoms with van der Waals surface area (Å²) in [5, 5.41) is 18.4. The van der Waals surface area contributed by atoms with Gasteiger partial charge in [-0.05, 0) is 26.0 Å². The molecule has 18 heavy (non-hydrogen) atoms. The maximum absolute atomic E-state index is 11.9. The molecule has 0 aromatic heterocycles. The van der Waals surface area contributed by atoms with Crippen molar-refractivity contribution in [3.63, 3.8) is 0 Å². The second-order valence-corrected chi connectivity index (χ2v) is 4.16. The molecule has 0 atom stereocenters. The molecular weight excluding hydrogens is 234 g/mol. The van der Waals surface area contributed by atoms with Gasteiger partial charge in [-0.2, -0.15) is 0 Å². The summed E-state index contributed by atoms with van der Waals surface area (Å²) in [6.45, 7) is 3.78. The van der Waals surface area contributed by atoms with Crippen LogP contribution in [-0.4, -0.2) is 46.8 Å². The van der Waals surface area contributed by atoms with Crippen LogP contribution in [0.5, 0.6) is 11.5 Å². The van der Waals surface area contributed by atoms with E-state index in [1.54, 1.807) is 18.2 Å². The summed E-state index contributed by atoms with van der Waals surface area (Å²) in [5.41, 5.74) is 0. The van der Waals surface area contributed by atoms with E-state index in [1.807, 2.05) is 13.8 Å². The number of phenolic OH excluding ortho intramolecular Hbond substituents is 1. The number of phenols is 1. The third-order valence-electron chi connectivity index (χ3n) is 2.50. The van der Waals surface area contributed by atoms with Crippen LogP contribution in [0.25, 0.3) is 0 Å². The maximum Gasteiger partial charge on any atom is 0.260 e. The molecule has 0 bridgehead atoms. The van der Waals surface area contributed by atoms with Crippen molar-refractivity contribution in [2.24, 2.45) is 0 Å². The molecule has 5 heteroatoms. The zero-order valence-electron chi connectivity index (χ0n) is 10.7. The van der Waals surface area contributed by atoms with Gasteiger partial charge in [0.15, 0.2) is 18.1 Å². The highest BCUT2D eigenvalue weighted by atomic mass is 16.5. The number of hydrogen-bond donors (Lipinski definition) is 2. The number of rotatable bonds is 6. The number of carbonyl (C=O) groups excluding carboxylic acids is 1. The van der Waals surface area contributed by atoms with E-state index in [2.05, 4.69) is 0 Å². The molecule has 0 radical (unpaired) electrons. The third-order valence-corrected chi connectivity index (χ3v) is 2.50. The van der Waals surface area contributed by atoms with Crippen LogP contribution in [0.2, 0.25) is 0 Å². The average Bonchev–Trinajstić information content (AvgIpc) is 2.34. The molecule has 1 aromatic rings. The van der Waals surface area contributed by atoms with Gasteiger partial charge in [0.2, 0.25) is 0 Å². The molecule has 0 aliphatic rings. The van der Waals surface area contributed by atoms with Crippen LogP contribution in [0, 0.1) is 0 Å². The van der Waals surface area contributed by atoms with Gasteiger partial charge in [0.05, 0.1) is 6.61 Å². The molecule has 0 aliphatic heterocycles. The molecule has 0 heterocycles.